The van der Waals surface area contributed by atoms with Crippen LogP contribution in [0.25, 0.3) is 21.5 Å². The fourth-order valence-electron chi connectivity index (χ4n) is 2.14. The maximum atomic E-state index is 4.93. The van der Waals surface area contributed by atoms with E-state index in [9.17, 15) is 0 Å². The summed E-state index contributed by atoms with van der Waals surface area (Å²) in [7, 11) is 12.4. The van der Waals surface area contributed by atoms with Crippen molar-refractivity contribution in [2.45, 2.75) is 13.8 Å². The minimum atomic E-state index is -0.826. The van der Waals surface area contributed by atoms with Crippen molar-refractivity contribution in [3.8, 4) is 0 Å². The van der Waals surface area contributed by atoms with Gasteiger partial charge in [0.2, 0.25) is 0 Å². The minimum Gasteiger partial charge on any atom is -0.168 e. The first-order chi connectivity index (χ1) is 12.1. The molecule has 0 spiro atoms. The van der Waals surface area contributed by atoms with Gasteiger partial charge in [0.25, 0.3) is 0 Å². The van der Waals surface area contributed by atoms with Gasteiger partial charge in [0.05, 0.1) is 0 Å². The Bertz CT molecular complexity index is 734. The van der Waals surface area contributed by atoms with Gasteiger partial charge in [0.15, 0.2) is 0 Å². The Hall–Kier alpha value is -0.790. The van der Waals surface area contributed by atoms with Crippen LogP contribution in [0, 0.1) is 0 Å². The Morgan fingerprint density at radius 1 is 0.760 bits per heavy atom. The molecular formula is C21H21Cl2SiZr. The van der Waals surface area contributed by atoms with Crippen molar-refractivity contribution in [3.05, 3.63) is 84.9 Å². The topological polar surface area (TPSA) is 0 Å². The summed E-state index contributed by atoms with van der Waals surface area (Å²) >= 11 is -0.826. The van der Waals surface area contributed by atoms with Gasteiger partial charge >= 0.3 is 37.9 Å². The summed E-state index contributed by atoms with van der Waals surface area (Å²) in [6.07, 6.45) is 0. The summed E-state index contributed by atoms with van der Waals surface area (Å²) in [5, 5.41) is 6.66. The van der Waals surface area contributed by atoms with Crippen LogP contribution in [0.5, 0.6) is 0 Å². The van der Waals surface area contributed by atoms with E-state index in [4.69, 9.17) is 17.0 Å². The molecule has 0 bridgehead atoms. The third-order valence-electron chi connectivity index (χ3n) is 3.10. The van der Waals surface area contributed by atoms with Crippen molar-refractivity contribution in [3.63, 3.8) is 0 Å². The molecule has 127 valence electrons. The first-order valence-corrected chi connectivity index (χ1v) is 14.7. The minimum absolute atomic E-state index is 0.826. The molecule has 1 radical (unpaired) electrons. The fourth-order valence-corrected chi connectivity index (χ4v) is 2.14. The van der Waals surface area contributed by atoms with Crippen molar-refractivity contribution in [1.29, 1.82) is 0 Å². The van der Waals surface area contributed by atoms with Gasteiger partial charge in [-0.05, 0) is 23.7 Å². The Morgan fingerprint density at radius 3 is 1.40 bits per heavy atom. The molecule has 0 aliphatic heterocycles. The van der Waals surface area contributed by atoms with E-state index in [0.717, 1.165) is 0 Å². The van der Waals surface area contributed by atoms with Crippen molar-refractivity contribution >= 4 is 53.6 Å². The molecule has 4 heteroatoms. The summed E-state index contributed by atoms with van der Waals surface area (Å²) in [6, 6.07) is 29.3. The maximum Gasteiger partial charge on any atom is -0.0809 e. The van der Waals surface area contributed by atoms with E-state index in [0.29, 0.717) is 0 Å². The molecule has 0 unspecified atom stereocenters. The van der Waals surface area contributed by atoms with E-state index in [1.54, 1.807) is 0 Å². The average Bonchev–Trinajstić information content (AvgIpc) is 3.24. The molecular weight excluding hydrogens is 442 g/mol. The molecule has 0 fully saturated rings. The van der Waals surface area contributed by atoms with Crippen molar-refractivity contribution < 1.29 is 20.8 Å². The van der Waals surface area contributed by atoms with Gasteiger partial charge in [0.1, 0.15) is 0 Å². The van der Waals surface area contributed by atoms with Crippen LogP contribution < -0.4 is 0 Å². The van der Waals surface area contributed by atoms with Crippen LogP contribution in [0.3, 0.4) is 0 Å². The monoisotopic (exact) mass is 461 g/mol. The molecule has 4 aromatic rings. The van der Waals surface area contributed by atoms with Crippen LogP contribution in [0.1, 0.15) is 13.8 Å². The second-order valence-corrected chi connectivity index (χ2v) is 10.3. The molecule has 0 atom stereocenters. The van der Waals surface area contributed by atoms with E-state index >= 15 is 0 Å². The molecule has 0 N–H and O–H groups in total. The normalized spacial score (nSPS) is 8.80. The Labute approximate surface area is 172 Å². The largest absolute Gasteiger partial charge is 0.168 e. The number of rotatable bonds is 0. The Kier molecular flexibility index (Phi) is 11.9. The van der Waals surface area contributed by atoms with E-state index in [1.807, 2.05) is 13.8 Å². The summed E-state index contributed by atoms with van der Waals surface area (Å²) in [5.41, 5.74) is 0. The zero-order chi connectivity index (χ0) is 18.5. The van der Waals surface area contributed by atoms with Crippen LogP contribution in [-0.2, 0) is 20.8 Å². The molecule has 0 aromatic heterocycles. The molecule has 0 aliphatic carbocycles. The zero-order valence-corrected chi connectivity index (χ0v) is 19.5. The van der Waals surface area contributed by atoms with Gasteiger partial charge in [-0.2, -0.15) is 35.0 Å². The van der Waals surface area contributed by atoms with Crippen LogP contribution in [-0.4, -0.2) is 15.0 Å². The fraction of sp³-hybridized carbons (Fsp3) is 0.0952. The zero-order valence-electron chi connectivity index (χ0n) is 14.4. The number of hydrogen-bond acceptors (Lipinski definition) is 0. The van der Waals surface area contributed by atoms with E-state index in [2.05, 4.69) is 94.8 Å². The van der Waals surface area contributed by atoms with Gasteiger partial charge in [-0.25, -0.2) is 0 Å². The molecule has 0 heterocycles. The molecule has 25 heavy (non-hydrogen) atoms. The van der Waals surface area contributed by atoms with Crippen LogP contribution in [0.4, 0.5) is 0 Å². The van der Waals surface area contributed by atoms with Gasteiger partial charge in [-0.15, -0.1) is 59.3 Å². The van der Waals surface area contributed by atoms with Gasteiger partial charge in [-0.3, -0.25) is 0 Å². The van der Waals surface area contributed by atoms with Crippen LogP contribution in [0.15, 0.2) is 84.9 Å². The van der Waals surface area contributed by atoms with Gasteiger partial charge in [0, 0.05) is 0 Å². The molecule has 4 rings (SSSR count). The van der Waals surface area contributed by atoms with E-state index in [-0.39, 0.29) is 0 Å². The second kappa shape index (κ2) is 13.4. The molecule has 0 amide bonds. The van der Waals surface area contributed by atoms with E-state index in [1.165, 1.54) is 26.7 Å². The number of hydrogen-bond donors (Lipinski definition) is 0. The maximum absolute atomic E-state index is 4.93. The summed E-state index contributed by atoms with van der Waals surface area (Å²) < 4.78 is 0. The molecule has 0 saturated carbocycles. The second-order valence-electron chi connectivity index (χ2n) is 5.46. The summed E-state index contributed by atoms with van der Waals surface area (Å²) in [4.78, 5) is 0. The number of halogens is 2. The molecule has 0 saturated heterocycles. The smallest absolute Gasteiger partial charge is 0.0809 e. The number of benzene rings is 2. The van der Waals surface area contributed by atoms with Crippen molar-refractivity contribution in [2.75, 3.05) is 0 Å². The quantitative estimate of drug-likeness (QED) is 0.204. The molecule has 4 aromatic carbocycles. The Morgan fingerprint density at radius 2 is 1.08 bits per heavy atom. The Balaban J connectivity index is 0.000000185. The third-order valence-corrected chi connectivity index (χ3v) is 3.10. The van der Waals surface area contributed by atoms with Crippen LogP contribution >= 0.6 is 17.0 Å². The van der Waals surface area contributed by atoms with Crippen molar-refractivity contribution in [2.24, 2.45) is 0 Å². The number of fused-ring (bicyclic) bond motifs is 2. The SMILES string of the molecule is CC(C)=[SiH].[Cl][Zr+2][Cl].c1ccc2[cH-]ccc2c1.c1ccc2[cH-]ccc2c1. The predicted octanol–water partition coefficient (Wildman–Crippen LogP) is 6.59. The first kappa shape index (κ1) is 22.3. The molecule has 0 nitrogen and oxygen atoms in total. The van der Waals surface area contributed by atoms with Gasteiger partial charge in [-0.1, -0.05) is 17.3 Å². The summed E-state index contributed by atoms with van der Waals surface area (Å²) in [6.45, 7) is 4.09. The van der Waals surface area contributed by atoms with Crippen LogP contribution in [0.2, 0.25) is 0 Å². The van der Waals surface area contributed by atoms with Gasteiger partial charge < -0.3 is 0 Å². The summed E-state index contributed by atoms with van der Waals surface area (Å²) in [5.74, 6) is 0. The first-order valence-electron chi connectivity index (χ1n) is 7.81. The average molecular weight is 464 g/mol. The van der Waals surface area contributed by atoms with Crippen molar-refractivity contribution in [1.82, 2.24) is 0 Å². The standard InChI is InChI=1S/2C9H7.C3H7Si.2ClH.Zr/c2*1-2-5-9-7-3-6-8(9)4-1;1-3(2)4;;;/h2*1-7H;4H,1-2H3;2*1H;/q2*-1;;;;+4/p-2. The third kappa shape index (κ3) is 9.47. The molecule has 0 aliphatic rings. The van der Waals surface area contributed by atoms with E-state index < -0.39 is 20.8 Å². The predicted molar refractivity (Wildman–Crippen MR) is 114 cm³/mol.